The van der Waals surface area contributed by atoms with Gasteiger partial charge in [-0.3, -0.25) is 4.79 Å². The monoisotopic (exact) mass is 263 g/mol. The van der Waals surface area contributed by atoms with Crippen molar-refractivity contribution in [2.45, 2.75) is 39.2 Å². The number of carbonyl (C=O) groups excluding carboxylic acids is 2. The van der Waals surface area contributed by atoms with E-state index in [4.69, 9.17) is 5.73 Å². The van der Waals surface area contributed by atoms with Crippen molar-refractivity contribution >= 4 is 17.6 Å². The van der Waals surface area contributed by atoms with E-state index in [0.29, 0.717) is 11.3 Å². The van der Waals surface area contributed by atoms with Crippen molar-refractivity contribution in [2.24, 2.45) is 5.73 Å². The van der Waals surface area contributed by atoms with Crippen LogP contribution in [0.2, 0.25) is 0 Å². The zero-order valence-electron chi connectivity index (χ0n) is 11.4. The highest BCUT2D eigenvalue weighted by Crippen LogP contribution is 2.15. The third kappa shape index (κ3) is 5.42. The van der Waals surface area contributed by atoms with Crippen molar-refractivity contribution in [1.29, 1.82) is 0 Å². The Hall–Kier alpha value is -2.04. The average Bonchev–Trinajstić information content (AvgIpc) is 2.31. The van der Waals surface area contributed by atoms with E-state index in [1.165, 1.54) is 0 Å². The summed E-state index contributed by atoms with van der Waals surface area (Å²) in [5.74, 6) is -0.422. The molecule has 5 heteroatoms. The first kappa shape index (κ1) is 15.0. The van der Waals surface area contributed by atoms with E-state index in [-0.39, 0.29) is 18.5 Å². The maximum Gasteiger partial charge on any atom is 0.319 e. The molecule has 0 spiro atoms. The van der Waals surface area contributed by atoms with E-state index in [1.54, 1.807) is 24.3 Å². The normalized spacial score (nSPS) is 11.7. The summed E-state index contributed by atoms with van der Waals surface area (Å²) < 4.78 is 0. The van der Waals surface area contributed by atoms with Crippen molar-refractivity contribution in [3.63, 3.8) is 0 Å². The predicted octanol–water partition coefficient (Wildman–Crippen LogP) is 2.02. The molecule has 1 atom stereocenters. The standard InChI is InChI=1S/C14H21N3O2/c1-3-6-10(2)16-14(19)17-12-8-5-4-7-11(12)9-13(15)18/h4-5,7-8,10H,3,6,9H2,1-2H3,(H2,15,18)(H2,16,17,19)/t10-/m1/s1. The van der Waals surface area contributed by atoms with Gasteiger partial charge in [-0.2, -0.15) is 0 Å². The Bertz CT molecular complexity index is 446. The fourth-order valence-corrected chi connectivity index (χ4v) is 1.87. The van der Waals surface area contributed by atoms with Crippen molar-refractivity contribution in [3.8, 4) is 0 Å². The Labute approximate surface area is 113 Å². The third-order valence-electron chi connectivity index (χ3n) is 2.73. The summed E-state index contributed by atoms with van der Waals surface area (Å²) >= 11 is 0. The lowest BCUT2D eigenvalue weighted by atomic mass is 10.1. The number of para-hydroxylation sites is 1. The first-order chi connectivity index (χ1) is 9.02. The number of hydrogen-bond acceptors (Lipinski definition) is 2. The second kappa shape index (κ2) is 7.41. The fraction of sp³-hybridized carbons (Fsp3) is 0.429. The minimum Gasteiger partial charge on any atom is -0.369 e. The number of primary amides is 1. The summed E-state index contributed by atoms with van der Waals surface area (Å²) in [5.41, 5.74) is 6.51. The van der Waals surface area contributed by atoms with Gasteiger partial charge in [0.25, 0.3) is 0 Å². The summed E-state index contributed by atoms with van der Waals surface area (Å²) in [5, 5.41) is 5.59. The second-order valence-electron chi connectivity index (χ2n) is 4.59. The van der Waals surface area contributed by atoms with E-state index in [1.807, 2.05) is 6.92 Å². The third-order valence-corrected chi connectivity index (χ3v) is 2.73. The van der Waals surface area contributed by atoms with Gasteiger partial charge in [-0.1, -0.05) is 31.5 Å². The van der Waals surface area contributed by atoms with Crippen LogP contribution in [0.1, 0.15) is 32.3 Å². The molecule has 0 heterocycles. The highest BCUT2D eigenvalue weighted by molar-refractivity contribution is 5.91. The number of hydrogen-bond donors (Lipinski definition) is 3. The van der Waals surface area contributed by atoms with Crippen LogP contribution < -0.4 is 16.4 Å². The van der Waals surface area contributed by atoms with Gasteiger partial charge >= 0.3 is 6.03 Å². The van der Waals surface area contributed by atoms with Crippen LogP contribution in [0.25, 0.3) is 0 Å². The van der Waals surface area contributed by atoms with E-state index < -0.39 is 5.91 Å². The van der Waals surface area contributed by atoms with Gasteiger partial charge in [-0.05, 0) is 25.0 Å². The maximum absolute atomic E-state index is 11.8. The minimum absolute atomic E-state index is 0.112. The summed E-state index contributed by atoms with van der Waals surface area (Å²) in [6.07, 6.45) is 2.05. The minimum atomic E-state index is -0.422. The molecule has 3 amide bonds. The van der Waals surface area contributed by atoms with Crippen LogP contribution in [-0.2, 0) is 11.2 Å². The molecule has 104 valence electrons. The number of urea groups is 1. The van der Waals surface area contributed by atoms with Crippen molar-refractivity contribution in [3.05, 3.63) is 29.8 Å². The van der Waals surface area contributed by atoms with Gasteiger partial charge in [0.1, 0.15) is 0 Å². The lowest BCUT2D eigenvalue weighted by molar-refractivity contribution is -0.117. The molecule has 5 nitrogen and oxygen atoms in total. The molecule has 0 saturated carbocycles. The molecule has 0 aromatic heterocycles. The molecular weight excluding hydrogens is 242 g/mol. The van der Waals surface area contributed by atoms with Crippen LogP contribution in [-0.4, -0.2) is 18.0 Å². The summed E-state index contributed by atoms with van der Waals surface area (Å²) in [4.78, 5) is 22.8. The molecule has 0 aliphatic rings. The van der Waals surface area contributed by atoms with Gasteiger partial charge in [-0.15, -0.1) is 0 Å². The highest BCUT2D eigenvalue weighted by Gasteiger charge is 2.10. The first-order valence-electron chi connectivity index (χ1n) is 6.46. The van der Waals surface area contributed by atoms with Gasteiger partial charge in [0.2, 0.25) is 5.91 Å². The Morgan fingerprint density at radius 3 is 2.63 bits per heavy atom. The van der Waals surface area contributed by atoms with Crippen molar-refractivity contribution in [1.82, 2.24) is 5.32 Å². The molecule has 0 fully saturated rings. The molecule has 19 heavy (non-hydrogen) atoms. The van der Waals surface area contributed by atoms with Crippen molar-refractivity contribution < 1.29 is 9.59 Å². The summed E-state index contributed by atoms with van der Waals surface area (Å²) in [7, 11) is 0. The number of amides is 3. The van der Waals surface area contributed by atoms with Crippen LogP contribution in [0.3, 0.4) is 0 Å². The Balaban J connectivity index is 2.65. The van der Waals surface area contributed by atoms with E-state index in [9.17, 15) is 9.59 Å². The molecule has 0 aliphatic heterocycles. The summed E-state index contributed by atoms with van der Waals surface area (Å²) in [6, 6.07) is 6.99. The first-order valence-corrected chi connectivity index (χ1v) is 6.46. The number of nitrogens with two attached hydrogens (primary N) is 1. The molecule has 1 rings (SSSR count). The number of carbonyl (C=O) groups is 2. The quantitative estimate of drug-likeness (QED) is 0.733. The molecule has 0 unspecified atom stereocenters. The number of benzene rings is 1. The molecule has 0 radical (unpaired) electrons. The smallest absolute Gasteiger partial charge is 0.319 e. The fourth-order valence-electron chi connectivity index (χ4n) is 1.87. The molecular formula is C14H21N3O2. The van der Waals surface area contributed by atoms with Crippen LogP contribution >= 0.6 is 0 Å². The molecule has 0 saturated heterocycles. The van der Waals surface area contributed by atoms with Crippen LogP contribution in [0.15, 0.2) is 24.3 Å². The average molecular weight is 263 g/mol. The van der Waals surface area contributed by atoms with Crippen LogP contribution in [0, 0.1) is 0 Å². The molecule has 1 aromatic rings. The maximum atomic E-state index is 11.8. The number of anilines is 1. The van der Waals surface area contributed by atoms with Gasteiger partial charge in [-0.25, -0.2) is 4.79 Å². The van der Waals surface area contributed by atoms with E-state index in [2.05, 4.69) is 17.6 Å². The topological polar surface area (TPSA) is 84.2 Å². The van der Waals surface area contributed by atoms with Crippen LogP contribution in [0.4, 0.5) is 10.5 Å². The zero-order valence-corrected chi connectivity index (χ0v) is 11.4. The van der Waals surface area contributed by atoms with Gasteiger partial charge in [0, 0.05) is 11.7 Å². The number of nitrogens with one attached hydrogen (secondary N) is 2. The molecule has 0 aliphatic carbocycles. The largest absolute Gasteiger partial charge is 0.369 e. The van der Waals surface area contributed by atoms with Crippen molar-refractivity contribution in [2.75, 3.05) is 5.32 Å². The lowest BCUT2D eigenvalue weighted by Gasteiger charge is -2.15. The van der Waals surface area contributed by atoms with Gasteiger partial charge < -0.3 is 16.4 Å². The number of rotatable bonds is 6. The SMILES string of the molecule is CCC[C@@H](C)NC(=O)Nc1ccccc1CC(N)=O. The highest BCUT2D eigenvalue weighted by atomic mass is 16.2. The second-order valence-corrected chi connectivity index (χ2v) is 4.59. The Kier molecular flexibility index (Phi) is 5.85. The van der Waals surface area contributed by atoms with E-state index in [0.717, 1.165) is 12.8 Å². The predicted molar refractivity (Wildman–Crippen MR) is 75.9 cm³/mol. The zero-order chi connectivity index (χ0) is 14.3. The van der Waals surface area contributed by atoms with Crippen LogP contribution in [0.5, 0.6) is 0 Å². The Morgan fingerprint density at radius 1 is 1.32 bits per heavy atom. The molecule has 1 aromatic carbocycles. The molecule has 4 N–H and O–H groups in total. The summed E-state index contributed by atoms with van der Waals surface area (Å²) in [6.45, 7) is 4.02. The van der Waals surface area contributed by atoms with Gasteiger partial charge in [0.15, 0.2) is 0 Å². The van der Waals surface area contributed by atoms with E-state index >= 15 is 0 Å². The lowest BCUT2D eigenvalue weighted by Crippen LogP contribution is -2.36. The Morgan fingerprint density at radius 2 is 2.00 bits per heavy atom. The van der Waals surface area contributed by atoms with Gasteiger partial charge in [0.05, 0.1) is 6.42 Å². The molecule has 0 bridgehead atoms.